The number of nitrogens with one attached hydrogen (secondary N) is 1. The van der Waals surface area contributed by atoms with Crippen LogP contribution in [0.4, 0.5) is 0 Å². The van der Waals surface area contributed by atoms with Gasteiger partial charge in [0, 0.05) is 30.8 Å². The van der Waals surface area contributed by atoms with E-state index >= 15 is 0 Å². The SMILES string of the molecule is COc1ccc(CN2CCC(CNC(C)C)C2)c(OC)c1. The molecule has 0 spiro atoms. The molecule has 0 aromatic heterocycles. The van der Waals surface area contributed by atoms with Gasteiger partial charge >= 0.3 is 0 Å². The van der Waals surface area contributed by atoms with Gasteiger partial charge in [0.25, 0.3) is 0 Å². The molecule has 1 fully saturated rings. The number of benzene rings is 1. The van der Waals surface area contributed by atoms with E-state index in [-0.39, 0.29) is 0 Å². The molecular weight excluding hydrogens is 264 g/mol. The van der Waals surface area contributed by atoms with Gasteiger partial charge in [0.1, 0.15) is 11.5 Å². The zero-order chi connectivity index (χ0) is 15.2. The second-order valence-electron chi connectivity index (χ2n) is 6.13. The molecule has 0 radical (unpaired) electrons. The van der Waals surface area contributed by atoms with Crippen molar-refractivity contribution < 1.29 is 9.47 Å². The van der Waals surface area contributed by atoms with Crippen LogP contribution in [0.3, 0.4) is 0 Å². The molecule has 1 aliphatic heterocycles. The standard InChI is InChI=1S/C17H28N2O2/c1-13(2)18-10-14-7-8-19(11-14)12-15-5-6-16(20-3)9-17(15)21-4/h5-6,9,13-14,18H,7-8,10-12H2,1-4H3. The van der Waals surface area contributed by atoms with Crippen LogP contribution in [-0.4, -0.2) is 44.8 Å². The van der Waals surface area contributed by atoms with Crippen LogP contribution in [0.15, 0.2) is 18.2 Å². The van der Waals surface area contributed by atoms with E-state index in [4.69, 9.17) is 9.47 Å². The number of hydrogen-bond acceptors (Lipinski definition) is 4. The first-order chi connectivity index (χ1) is 10.1. The van der Waals surface area contributed by atoms with Gasteiger partial charge in [-0.3, -0.25) is 4.90 Å². The highest BCUT2D eigenvalue weighted by molar-refractivity contribution is 5.40. The Morgan fingerprint density at radius 1 is 1.29 bits per heavy atom. The highest BCUT2D eigenvalue weighted by atomic mass is 16.5. The Kier molecular flexibility index (Phi) is 5.88. The third-order valence-corrected chi connectivity index (χ3v) is 4.07. The van der Waals surface area contributed by atoms with Crippen molar-refractivity contribution in [2.24, 2.45) is 5.92 Å². The minimum Gasteiger partial charge on any atom is -0.497 e. The normalized spacial score (nSPS) is 19.2. The van der Waals surface area contributed by atoms with Gasteiger partial charge in [-0.25, -0.2) is 0 Å². The van der Waals surface area contributed by atoms with Crippen LogP contribution >= 0.6 is 0 Å². The van der Waals surface area contributed by atoms with Crippen LogP contribution in [0.25, 0.3) is 0 Å². The fraction of sp³-hybridized carbons (Fsp3) is 0.647. The van der Waals surface area contributed by atoms with Gasteiger partial charge in [0.2, 0.25) is 0 Å². The Hall–Kier alpha value is -1.26. The Morgan fingerprint density at radius 3 is 2.76 bits per heavy atom. The van der Waals surface area contributed by atoms with Crippen LogP contribution in [0.5, 0.6) is 11.5 Å². The van der Waals surface area contributed by atoms with Crippen molar-refractivity contribution >= 4 is 0 Å². The first kappa shape index (κ1) is 16.1. The molecule has 21 heavy (non-hydrogen) atoms. The Labute approximate surface area is 128 Å². The van der Waals surface area contributed by atoms with Crippen LogP contribution < -0.4 is 14.8 Å². The fourth-order valence-electron chi connectivity index (χ4n) is 2.85. The molecule has 2 rings (SSSR count). The lowest BCUT2D eigenvalue weighted by Crippen LogP contribution is -2.30. The summed E-state index contributed by atoms with van der Waals surface area (Å²) in [5.74, 6) is 2.52. The minimum absolute atomic E-state index is 0.570. The first-order valence-electron chi connectivity index (χ1n) is 7.79. The smallest absolute Gasteiger partial charge is 0.127 e. The summed E-state index contributed by atoms with van der Waals surface area (Å²) in [6, 6.07) is 6.65. The minimum atomic E-state index is 0.570. The third kappa shape index (κ3) is 4.61. The summed E-state index contributed by atoms with van der Waals surface area (Å²) in [7, 11) is 3.40. The molecule has 1 atom stereocenters. The summed E-state index contributed by atoms with van der Waals surface area (Å²) < 4.78 is 10.7. The molecule has 4 nitrogen and oxygen atoms in total. The summed E-state index contributed by atoms with van der Waals surface area (Å²) in [5.41, 5.74) is 1.23. The fourth-order valence-corrected chi connectivity index (χ4v) is 2.85. The lowest BCUT2D eigenvalue weighted by Gasteiger charge is -2.19. The van der Waals surface area contributed by atoms with E-state index in [1.54, 1.807) is 14.2 Å². The number of methoxy groups -OCH3 is 2. The summed E-state index contributed by atoms with van der Waals surface area (Å²) in [4.78, 5) is 2.51. The highest BCUT2D eigenvalue weighted by Crippen LogP contribution is 2.27. The average Bonchev–Trinajstić information content (AvgIpc) is 2.93. The van der Waals surface area contributed by atoms with Crippen molar-refractivity contribution in [1.29, 1.82) is 0 Å². The van der Waals surface area contributed by atoms with Crippen LogP contribution in [0.1, 0.15) is 25.8 Å². The van der Waals surface area contributed by atoms with E-state index in [0.717, 1.165) is 37.1 Å². The highest BCUT2D eigenvalue weighted by Gasteiger charge is 2.23. The maximum Gasteiger partial charge on any atom is 0.127 e. The van der Waals surface area contributed by atoms with Gasteiger partial charge in [-0.15, -0.1) is 0 Å². The topological polar surface area (TPSA) is 33.7 Å². The number of hydrogen-bond donors (Lipinski definition) is 1. The van der Waals surface area contributed by atoms with E-state index < -0.39 is 0 Å². The molecule has 1 N–H and O–H groups in total. The van der Waals surface area contributed by atoms with Crippen molar-refractivity contribution in [3.05, 3.63) is 23.8 Å². The average molecular weight is 292 g/mol. The van der Waals surface area contributed by atoms with Crippen molar-refractivity contribution in [3.63, 3.8) is 0 Å². The summed E-state index contributed by atoms with van der Waals surface area (Å²) in [6.07, 6.45) is 1.28. The zero-order valence-electron chi connectivity index (χ0n) is 13.7. The molecule has 1 saturated heterocycles. The zero-order valence-corrected chi connectivity index (χ0v) is 13.7. The molecule has 0 bridgehead atoms. The van der Waals surface area contributed by atoms with E-state index in [9.17, 15) is 0 Å². The first-order valence-corrected chi connectivity index (χ1v) is 7.79. The molecule has 1 aliphatic rings. The van der Waals surface area contributed by atoms with Gasteiger partial charge in [-0.1, -0.05) is 19.9 Å². The van der Waals surface area contributed by atoms with Crippen molar-refractivity contribution in [2.75, 3.05) is 33.9 Å². The van der Waals surface area contributed by atoms with Crippen molar-refractivity contribution in [2.45, 2.75) is 32.9 Å². The summed E-state index contributed by atoms with van der Waals surface area (Å²) in [6.45, 7) is 8.80. The van der Waals surface area contributed by atoms with Gasteiger partial charge in [0.15, 0.2) is 0 Å². The Balaban J connectivity index is 1.90. The van der Waals surface area contributed by atoms with E-state index in [0.29, 0.717) is 6.04 Å². The van der Waals surface area contributed by atoms with E-state index in [2.05, 4.69) is 30.1 Å². The quantitative estimate of drug-likeness (QED) is 0.837. The second-order valence-corrected chi connectivity index (χ2v) is 6.13. The lowest BCUT2D eigenvalue weighted by atomic mass is 10.1. The second kappa shape index (κ2) is 7.66. The largest absolute Gasteiger partial charge is 0.497 e. The van der Waals surface area contributed by atoms with E-state index in [1.165, 1.54) is 18.5 Å². The predicted octanol–water partition coefficient (Wildman–Crippen LogP) is 2.52. The summed E-state index contributed by atoms with van der Waals surface area (Å²) in [5, 5.41) is 3.54. The molecular formula is C17H28N2O2. The maximum absolute atomic E-state index is 5.48. The molecule has 4 heteroatoms. The predicted molar refractivity (Wildman–Crippen MR) is 86.1 cm³/mol. The Bertz CT molecular complexity index is 448. The number of rotatable bonds is 7. The van der Waals surface area contributed by atoms with Crippen LogP contribution in [0, 0.1) is 5.92 Å². The molecule has 1 aromatic carbocycles. The Morgan fingerprint density at radius 2 is 2.10 bits per heavy atom. The van der Waals surface area contributed by atoms with Crippen LogP contribution in [0.2, 0.25) is 0 Å². The molecule has 118 valence electrons. The number of likely N-dealkylation sites (tertiary alicyclic amines) is 1. The van der Waals surface area contributed by atoms with Crippen LogP contribution in [-0.2, 0) is 6.54 Å². The van der Waals surface area contributed by atoms with Crippen molar-refractivity contribution in [3.8, 4) is 11.5 Å². The van der Waals surface area contributed by atoms with Crippen molar-refractivity contribution in [1.82, 2.24) is 10.2 Å². The lowest BCUT2D eigenvalue weighted by molar-refractivity contribution is 0.304. The number of ether oxygens (including phenoxy) is 2. The van der Waals surface area contributed by atoms with Gasteiger partial charge in [-0.2, -0.15) is 0 Å². The molecule has 1 unspecified atom stereocenters. The van der Waals surface area contributed by atoms with E-state index in [1.807, 2.05) is 12.1 Å². The molecule has 0 saturated carbocycles. The third-order valence-electron chi connectivity index (χ3n) is 4.07. The molecule has 1 heterocycles. The molecule has 1 aromatic rings. The maximum atomic E-state index is 5.48. The summed E-state index contributed by atoms with van der Waals surface area (Å²) >= 11 is 0. The monoisotopic (exact) mass is 292 g/mol. The number of nitrogens with zero attached hydrogens (tertiary/aromatic N) is 1. The van der Waals surface area contributed by atoms with Gasteiger partial charge in [0.05, 0.1) is 14.2 Å². The van der Waals surface area contributed by atoms with Gasteiger partial charge < -0.3 is 14.8 Å². The molecule has 0 aliphatic carbocycles. The van der Waals surface area contributed by atoms with Gasteiger partial charge in [-0.05, 0) is 31.5 Å². The molecule has 0 amide bonds.